The van der Waals surface area contributed by atoms with Crippen LogP contribution in [0, 0.1) is 0 Å². The van der Waals surface area contributed by atoms with Crippen LogP contribution in [0.3, 0.4) is 0 Å². The van der Waals surface area contributed by atoms with Gasteiger partial charge in [0.15, 0.2) is 0 Å². The highest BCUT2D eigenvalue weighted by Gasteiger charge is 2.06. The van der Waals surface area contributed by atoms with Crippen LogP contribution >= 0.6 is 0 Å². The molecule has 0 saturated carbocycles. The van der Waals surface area contributed by atoms with Gasteiger partial charge in [0.1, 0.15) is 6.67 Å². The van der Waals surface area contributed by atoms with Crippen LogP contribution in [0.1, 0.15) is 11.1 Å². The van der Waals surface area contributed by atoms with Crippen molar-refractivity contribution in [1.29, 1.82) is 0 Å². The molecule has 3 nitrogen and oxygen atoms in total. The molecule has 0 fully saturated rings. The van der Waals surface area contributed by atoms with E-state index in [4.69, 9.17) is 5.11 Å². The van der Waals surface area contributed by atoms with Crippen molar-refractivity contribution < 1.29 is 9.50 Å². The third-order valence-electron chi connectivity index (χ3n) is 2.11. The van der Waals surface area contributed by atoms with E-state index in [-0.39, 0.29) is 6.61 Å². The van der Waals surface area contributed by atoms with Gasteiger partial charge in [-0.05, 0) is 5.56 Å². The zero-order chi connectivity index (χ0) is 9.26. The van der Waals surface area contributed by atoms with Crippen LogP contribution in [0.15, 0.2) is 18.3 Å². The maximum Gasteiger partial charge on any atom is 0.115 e. The Morgan fingerprint density at radius 2 is 2.15 bits per heavy atom. The third kappa shape index (κ3) is 1.19. The lowest BCUT2D eigenvalue weighted by Crippen LogP contribution is -1.88. The summed E-state index contributed by atoms with van der Waals surface area (Å²) in [7, 11) is 0. The summed E-state index contributed by atoms with van der Waals surface area (Å²) >= 11 is 0. The second-order valence-corrected chi connectivity index (χ2v) is 2.83. The number of aliphatic hydroxyl groups is 1. The van der Waals surface area contributed by atoms with Gasteiger partial charge in [0, 0.05) is 10.9 Å². The molecule has 2 N–H and O–H groups in total. The minimum absolute atomic E-state index is 0.0642. The normalized spacial score (nSPS) is 10.9. The van der Waals surface area contributed by atoms with Gasteiger partial charge in [0.2, 0.25) is 0 Å². The fourth-order valence-electron chi connectivity index (χ4n) is 1.40. The molecule has 0 saturated heterocycles. The smallest absolute Gasteiger partial charge is 0.115 e. The molecule has 0 aliphatic rings. The molecule has 0 spiro atoms. The molecular weight excluding hydrogens is 171 g/mol. The van der Waals surface area contributed by atoms with Gasteiger partial charge < -0.3 is 5.11 Å². The molecule has 1 aromatic carbocycles. The average molecular weight is 180 g/mol. The Morgan fingerprint density at radius 1 is 1.38 bits per heavy atom. The minimum atomic E-state index is -0.512. The van der Waals surface area contributed by atoms with E-state index < -0.39 is 6.67 Å². The molecule has 1 aromatic heterocycles. The number of aliphatic hydroxyl groups excluding tert-OH is 1. The SMILES string of the molecule is OCc1ccc(CF)c2cn[nH]c12. The van der Waals surface area contributed by atoms with E-state index in [0.29, 0.717) is 5.56 Å². The topological polar surface area (TPSA) is 48.9 Å². The number of rotatable bonds is 2. The number of nitrogens with zero attached hydrogens (tertiary/aromatic N) is 1. The molecule has 1 heterocycles. The first-order valence-electron chi connectivity index (χ1n) is 3.97. The van der Waals surface area contributed by atoms with Crippen LogP contribution in [0.25, 0.3) is 10.9 Å². The average Bonchev–Trinajstić information content (AvgIpc) is 2.64. The lowest BCUT2D eigenvalue weighted by atomic mass is 10.1. The molecule has 68 valence electrons. The summed E-state index contributed by atoms with van der Waals surface area (Å²) in [5.41, 5.74) is 2.06. The number of halogens is 1. The Balaban J connectivity index is 2.74. The summed E-state index contributed by atoms with van der Waals surface area (Å²) in [5.74, 6) is 0. The molecule has 0 amide bonds. The maximum absolute atomic E-state index is 12.5. The molecule has 4 heteroatoms. The molecule has 0 aliphatic carbocycles. The summed E-state index contributed by atoms with van der Waals surface area (Å²) in [6, 6.07) is 3.37. The largest absolute Gasteiger partial charge is 0.392 e. The fourth-order valence-corrected chi connectivity index (χ4v) is 1.40. The number of aromatic nitrogens is 2. The predicted octanol–water partition coefficient (Wildman–Crippen LogP) is 1.52. The van der Waals surface area contributed by atoms with E-state index in [0.717, 1.165) is 16.5 Å². The molecule has 0 unspecified atom stereocenters. The number of H-pyrrole nitrogens is 1. The number of hydrogen-bond acceptors (Lipinski definition) is 2. The van der Waals surface area contributed by atoms with E-state index in [1.165, 1.54) is 0 Å². The van der Waals surface area contributed by atoms with Crippen molar-refractivity contribution in [3.63, 3.8) is 0 Å². The van der Waals surface area contributed by atoms with Crippen LogP contribution in [0.2, 0.25) is 0 Å². The Morgan fingerprint density at radius 3 is 2.85 bits per heavy atom. The highest BCUT2D eigenvalue weighted by Crippen LogP contribution is 2.21. The Bertz CT molecular complexity index is 386. The quantitative estimate of drug-likeness (QED) is 0.736. The van der Waals surface area contributed by atoms with E-state index in [9.17, 15) is 4.39 Å². The van der Waals surface area contributed by atoms with Crippen LogP contribution in [-0.4, -0.2) is 15.3 Å². The van der Waals surface area contributed by atoms with E-state index in [1.54, 1.807) is 18.3 Å². The highest BCUT2D eigenvalue weighted by molar-refractivity contribution is 5.84. The van der Waals surface area contributed by atoms with Crippen molar-refractivity contribution >= 4 is 10.9 Å². The zero-order valence-corrected chi connectivity index (χ0v) is 6.92. The lowest BCUT2D eigenvalue weighted by molar-refractivity contribution is 0.283. The van der Waals surface area contributed by atoms with E-state index in [1.807, 2.05) is 0 Å². The molecule has 0 atom stereocenters. The Hall–Kier alpha value is -1.42. The third-order valence-corrected chi connectivity index (χ3v) is 2.11. The van der Waals surface area contributed by atoms with Crippen molar-refractivity contribution in [3.05, 3.63) is 29.5 Å². The van der Waals surface area contributed by atoms with Gasteiger partial charge in [0.25, 0.3) is 0 Å². The van der Waals surface area contributed by atoms with Crippen molar-refractivity contribution in [2.45, 2.75) is 13.3 Å². The van der Waals surface area contributed by atoms with Gasteiger partial charge in [-0.25, -0.2) is 4.39 Å². The summed E-state index contributed by atoms with van der Waals surface area (Å²) in [5, 5.41) is 16.3. The molecule has 0 bridgehead atoms. The van der Waals surface area contributed by atoms with Crippen LogP contribution in [0.4, 0.5) is 4.39 Å². The maximum atomic E-state index is 12.5. The van der Waals surface area contributed by atoms with Crippen molar-refractivity contribution in [2.75, 3.05) is 0 Å². The Kier molecular flexibility index (Phi) is 1.98. The van der Waals surface area contributed by atoms with Gasteiger partial charge in [-0.3, -0.25) is 5.10 Å². The number of aromatic amines is 1. The molecule has 2 rings (SSSR count). The van der Waals surface area contributed by atoms with E-state index in [2.05, 4.69) is 10.2 Å². The van der Waals surface area contributed by atoms with Crippen LogP contribution < -0.4 is 0 Å². The van der Waals surface area contributed by atoms with Gasteiger partial charge in [-0.1, -0.05) is 12.1 Å². The second kappa shape index (κ2) is 3.14. The van der Waals surface area contributed by atoms with Gasteiger partial charge in [-0.15, -0.1) is 0 Å². The standard InChI is InChI=1S/C9H9FN2O/c10-3-6-1-2-7(5-13)9-8(6)4-11-12-9/h1-2,4,13H,3,5H2,(H,11,12). The second-order valence-electron chi connectivity index (χ2n) is 2.83. The molecule has 0 aliphatic heterocycles. The van der Waals surface area contributed by atoms with E-state index >= 15 is 0 Å². The lowest BCUT2D eigenvalue weighted by Gasteiger charge is -2.01. The van der Waals surface area contributed by atoms with Crippen molar-refractivity contribution in [2.24, 2.45) is 0 Å². The van der Waals surface area contributed by atoms with Gasteiger partial charge >= 0.3 is 0 Å². The van der Waals surface area contributed by atoms with Gasteiger partial charge in [0.05, 0.1) is 18.3 Å². The first-order valence-corrected chi connectivity index (χ1v) is 3.97. The molecular formula is C9H9FN2O. The first kappa shape index (κ1) is 8.19. The number of hydrogen-bond donors (Lipinski definition) is 2. The number of benzene rings is 1. The zero-order valence-electron chi connectivity index (χ0n) is 6.92. The minimum Gasteiger partial charge on any atom is -0.392 e. The molecule has 0 radical (unpaired) electrons. The van der Waals surface area contributed by atoms with Crippen LogP contribution in [0.5, 0.6) is 0 Å². The molecule has 2 aromatic rings. The van der Waals surface area contributed by atoms with Crippen LogP contribution in [-0.2, 0) is 13.3 Å². The summed E-state index contributed by atoms with van der Waals surface area (Å²) in [4.78, 5) is 0. The highest BCUT2D eigenvalue weighted by atomic mass is 19.1. The first-order chi connectivity index (χ1) is 6.36. The Labute approximate surface area is 74.2 Å². The fraction of sp³-hybridized carbons (Fsp3) is 0.222. The summed E-state index contributed by atoms with van der Waals surface area (Å²) in [6.07, 6.45) is 1.57. The number of alkyl halides is 1. The monoisotopic (exact) mass is 180 g/mol. The predicted molar refractivity (Wildman–Crippen MR) is 46.8 cm³/mol. The number of nitrogens with one attached hydrogen (secondary N) is 1. The van der Waals surface area contributed by atoms with Crippen molar-refractivity contribution in [3.8, 4) is 0 Å². The summed E-state index contributed by atoms with van der Waals surface area (Å²) in [6.45, 7) is -0.576. The number of fused-ring (bicyclic) bond motifs is 1. The van der Waals surface area contributed by atoms with Crippen molar-refractivity contribution in [1.82, 2.24) is 10.2 Å². The summed E-state index contributed by atoms with van der Waals surface area (Å²) < 4.78 is 12.5. The van der Waals surface area contributed by atoms with Gasteiger partial charge in [-0.2, -0.15) is 5.10 Å². The molecule has 13 heavy (non-hydrogen) atoms.